The molecule has 2 aromatic rings. The molecule has 0 amide bonds. The zero-order valence-corrected chi connectivity index (χ0v) is 10.3. The number of hydrogen-bond acceptors (Lipinski definition) is 1. The molecule has 1 aromatic carbocycles. The lowest BCUT2D eigenvalue weighted by atomic mass is 10.1. The van der Waals surface area contributed by atoms with Gasteiger partial charge in [0.25, 0.3) is 0 Å². The molecule has 1 heterocycles. The van der Waals surface area contributed by atoms with E-state index in [0.717, 1.165) is 17.8 Å². The van der Waals surface area contributed by atoms with Crippen LogP contribution in [0.3, 0.4) is 0 Å². The molecule has 0 N–H and O–H groups in total. The van der Waals surface area contributed by atoms with Gasteiger partial charge in [0.1, 0.15) is 5.82 Å². The van der Waals surface area contributed by atoms with Crippen molar-refractivity contribution in [2.45, 2.75) is 26.1 Å². The molecule has 0 saturated carbocycles. The number of rotatable bonds is 3. The second-order valence-electron chi connectivity index (χ2n) is 3.82. The van der Waals surface area contributed by atoms with Crippen LogP contribution in [0, 0.1) is 6.92 Å². The molecule has 16 heavy (non-hydrogen) atoms. The van der Waals surface area contributed by atoms with E-state index in [4.69, 9.17) is 11.6 Å². The predicted molar refractivity (Wildman–Crippen MR) is 67.2 cm³/mol. The summed E-state index contributed by atoms with van der Waals surface area (Å²) in [4.78, 5) is 4.34. The third-order valence-corrected chi connectivity index (χ3v) is 3.03. The molecule has 3 heteroatoms. The summed E-state index contributed by atoms with van der Waals surface area (Å²) in [6.45, 7) is 4.21. The topological polar surface area (TPSA) is 17.8 Å². The Hall–Kier alpha value is -1.28. The minimum absolute atomic E-state index is 0.545. The zero-order chi connectivity index (χ0) is 11.5. The number of benzene rings is 1. The number of halogens is 1. The van der Waals surface area contributed by atoms with Crippen molar-refractivity contribution in [2.75, 3.05) is 0 Å². The molecule has 2 nitrogen and oxygen atoms in total. The Morgan fingerprint density at radius 3 is 2.88 bits per heavy atom. The predicted octanol–water partition coefficient (Wildman–Crippen LogP) is 3.48. The van der Waals surface area contributed by atoms with Gasteiger partial charge >= 0.3 is 0 Å². The van der Waals surface area contributed by atoms with Crippen molar-refractivity contribution in [2.24, 2.45) is 0 Å². The van der Waals surface area contributed by atoms with Crippen molar-refractivity contribution in [3.05, 3.63) is 47.5 Å². The van der Waals surface area contributed by atoms with Crippen molar-refractivity contribution in [3.8, 4) is 5.69 Å². The first-order valence-electron chi connectivity index (χ1n) is 5.44. The Labute approximate surface area is 101 Å². The highest BCUT2D eigenvalue weighted by Gasteiger charge is 2.06. The van der Waals surface area contributed by atoms with Crippen LogP contribution in [-0.2, 0) is 12.3 Å². The largest absolute Gasteiger partial charge is 0.304 e. The van der Waals surface area contributed by atoms with E-state index < -0.39 is 0 Å². The summed E-state index contributed by atoms with van der Waals surface area (Å²) in [6.07, 6.45) is 4.77. The van der Waals surface area contributed by atoms with E-state index in [-0.39, 0.29) is 0 Å². The lowest BCUT2D eigenvalue weighted by molar-refractivity contribution is 0.885. The van der Waals surface area contributed by atoms with Crippen LogP contribution in [0.5, 0.6) is 0 Å². The number of alkyl halides is 1. The van der Waals surface area contributed by atoms with Gasteiger partial charge in [0.2, 0.25) is 0 Å². The highest BCUT2D eigenvalue weighted by atomic mass is 35.5. The fourth-order valence-electron chi connectivity index (χ4n) is 1.81. The maximum absolute atomic E-state index is 5.86. The Bertz CT molecular complexity index is 488. The maximum Gasteiger partial charge on any atom is 0.112 e. The Balaban J connectivity index is 2.54. The van der Waals surface area contributed by atoms with Crippen LogP contribution in [0.1, 0.15) is 23.9 Å². The third kappa shape index (κ3) is 1.98. The normalized spacial score (nSPS) is 10.7. The zero-order valence-electron chi connectivity index (χ0n) is 9.57. The summed E-state index contributed by atoms with van der Waals surface area (Å²) >= 11 is 5.86. The fourth-order valence-corrected chi connectivity index (χ4v) is 1.98. The van der Waals surface area contributed by atoms with Gasteiger partial charge in [-0.05, 0) is 24.1 Å². The minimum atomic E-state index is 0.545. The van der Waals surface area contributed by atoms with E-state index in [9.17, 15) is 0 Å². The first kappa shape index (κ1) is 11.2. The summed E-state index contributed by atoms with van der Waals surface area (Å²) in [5.74, 6) is 1.62. The highest BCUT2D eigenvalue weighted by molar-refractivity contribution is 6.17. The average molecular weight is 235 g/mol. The van der Waals surface area contributed by atoms with Gasteiger partial charge in [-0.3, -0.25) is 0 Å². The highest BCUT2D eigenvalue weighted by Crippen LogP contribution is 2.19. The molecule has 0 aliphatic heterocycles. The summed E-state index contributed by atoms with van der Waals surface area (Å²) in [5.41, 5.74) is 3.55. The van der Waals surface area contributed by atoms with Gasteiger partial charge in [0.15, 0.2) is 0 Å². The monoisotopic (exact) mass is 234 g/mol. The SMILES string of the molecule is CCc1nccn1-c1cc(CCl)ccc1C. The van der Waals surface area contributed by atoms with Gasteiger partial charge in [-0.2, -0.15) is 0 Å². The van der Waals surface area contributed by atoms with Crippen molar-refractivity contribution in [3.63, 3.8) is 0 Å². The van der Waals surface area contributed by atoms with Gasteiger partial charge in [0, 0.05) is 30.4 Å². The summed E-state index contributed by atoms with van der Waals surface area (Å²) in [7, 11) is 0. The number of nitrogens with zero attached hydrogens (tertiary/aromatic N) is 2. The number of hydrogen-bond donors (Lipinski definition) is 0. The minimum Gasteiger partial charge on any atom is -0.304 e. The molecule has 0 fully saturated rings. The Kier molecular flexibility index (Phi) is 3.30. The van der Waals surface area contributed by atoms with Gasteiger partial charge in [0.05, 0.1) is 0 Å². The standard InChI is InChI=1S/C13H15ClN2/c1-3-13-15-6-7-16(13)12-8-11(9-14)5-4-10(12)2/h4-8H,3,9H2,1-2H3. The molecular weight excluding hydrogens is 220 g/mol. The van der Waals surface area contributed by atoms with Crippen LogP contribution < -0.4 is 0 Å². The molecule has 0 aliphatic rings. The quantitative estimate of drug-likeness (QED) is 0.744. The number of aryl methyl sites for hydroxylation is 2. The number of aromatic nitrogens is 2. The molecule has 0 radical (unpaired) electrons. The van der Waals surface area contributed by atoms with Gasteiger partial charge in [-0.1, -0.05) is 19.1 Å². The van der Waals surface area contributed by atoms with Gasteiger partial charge in [-0.15, -0.1) is 11.6 Å². The van der Waals surface area contributed by atoms with E-state index in [1.807, 2.05) is 12.4 Å². The Morgan fingerprint density at radius 1 is 1.38 bits per heavy atom. The van der Waals surface area contributed by atoms with Gasteiger partial charge < -0.3 is 4.57 Å². The molecule has 0 atom stereocenters. The maximum atomic E-state index is 5.86. The second-order valence-corrected chi connectivity index (χ2v) is 4.09. The van der Waals surface area contributed by atoms with Crippen LogP contribution in [0.2, 0.25) is 0 Å². The molecule has 0 saturated heterocycles. The van der Waals surface area contributed by atoms with Crippen molar-refractivity contribution < 1.29 is 0 Å². The van der Waals surface area contributed by atoms with Crippen LogP contribution >= 0.6 is 11.6 Å². The summed E-state index contributed by atoms with van der Waals surface area (Å²) in [6, 6.07) is 6.30. The van der Waals surface area contributed by atoms with Crippen LogP contribution in [0.15, 0.2) is 30.6 Å². The Morgan fingerprint density at radius 2 is 2.19 bits per heavy atom. The number of imidazole rings is 1. The molecule has 0 bridgehead atoms. The van der Waals surface area contributed by atoms with Crippen molar-refractivity contribution >= 4 is 11.6 Å². The third-order valence-electron chi connectivity index (χ3n) is 2.72. The molecule has 0 spiro atoms. The lowest BCUT2D eigenvalue weighted by Gasteiger charge is -2.11. The fraction of sp³-hybridized carbons (Fsp3) is 0.308. The van der Waals surface area contributed by atoms with Crippen molar-refractivity contribution in [1.82, 2.24) is 9.55 Å². The lowest BCUT2D eigenvalue weighted by Crippen LogP contribution is -2.01. The first-order chi connectivity index (χ1) is 7.76. The van der Waals surface area contributed by atoms with Crippen LogP contribution in [0.25, 0.3) is 5.69 Å². The summed E-state index contributed by atoms with van der Waals surface area (Å²) in [5, 5.41) is 0. The van der Waals surface area contributed by atoms with E-state index in [0.29, 0.717) is 5.88 Å². The molecular formula is C13H15ClN2. The van der Waals surface area contributed by atoms with E-state index in [2.05, 4.69) is 41.6 Å². The van der Waals surface area contributed by atoms with E-state index in [1.165, 1.54) is 11.3 Å². The molecule has 0 aliphatic carbocycles. The van der Waals surface area contributed by atoms with Crippen LogP contribution in [-0.4, -0.2) is 9.55 Å². The molecule has 0 unspecified atom stereocenters. The molecule has 2 rings (SSSR count). The van der Waals surface area contributed by atoms with E-state index >= 15 is 0 Å². The second kappa shape index (κ2) is 4.71. The van der Waals surface area contributed by atoms with Gasteiger partial charge in [-0.25, -0.2) is 4.98 Å². The smallest absolute Gasteiger partial charge is 0.112 e. The summed E-state index contributed by atoms with van der Waals surface area (Å²) < 4.78 is 2.13. The molecule has 1 aromatic heterocycles. The van der Waals surface area contributed by atoms with E-state index in [1.54, 1.807) is 0 Å². The first-order valence-corrected chi connectivity index (χ1v) is 5.97. The molecule has 84 valence electrons. The van der Waals surface area contributed by atoms with Crippen molar-refractivity contribution in [1.29, 1.82) is 0 Å². The van der Waals surface area contributed by atoms with Crippen LogP contribution in [0.4, 0.5) is 0 Å². The average Bonchev–Trinajstić information content (AvgIpc) is 2.77.